The molecule has 1 aromatic carbocycles. The minimum absolute atomic E-state index is 0.0432. The molecule has 0 atom stereocenters. The molecule has 3 aromatic heterocycles. The van der Waals surface area contributed by atoms with Crippen LogP contribution in [0.25, 0.3) is 5.65 Å². The van der Waals surface area contributed by atoms with E-state index < -0.39 is 23.0 Å². The quantitative estimate of drug-likeness (QED) is 0.288. The van der Waals surface area contributed by atoms with Crippen LogP contribution in [-0.4, -0.2) is 32.3 Å². The van der Waals surface area contributed by atoms with Gasteiger partial charge < -0.3 is 25.1 Å². The smallest absolute Gasteiger partial charge is 0.240 e. The Morgan fingerprint density at radius 1 is 1.11 bits per heavy atom. The highest BCUT2D eigenvalue weighted by Crippen LogP contribution is 2.47. The van der Waals surface area contributed by atoms with Crippen LogP contribution >= 0.6 is 0 Å². The van der Waals surface area contributed by atoms with Crippen molar-refractivity contribution in [2.24, 2.45) is 11.3 Å². The molecule has 3 N–H and O–H groups in total. The number of hydrogen-bond donors (Lipinski definition) is 3. The summed E-state index contributed by atoms with van der Waals surface area (Å²) in [7, 11) is 0. The first kappa shape index (κ1) is 23.6. The van der Waals surface area contributed by atoms with Crippen molar-refractivity contribution < 1.29 is 27.9 Å². The number of amides is 3. The van der Waals surface area contributed by atoms with Crippen LogP contribution in [0.3, 0.4) is 0 Å². The fourth-order valence-corrected chi connectivity index (χ4v) is 4.01. The van der Waals surface area contributed by atoms with Crippen molar-refractivity contribution in [2.45, 2.75) is 32.2 Å². The number of imidazole rings is 1. The number of fused-ring (bicyclic) bond motifs is 1. The fraction of sp³-hybridized carbons (Fsp3) is 0.269. The molecule has 3 heterocycles. The summed E-state index contributed by atoms with van der Waals surface area (Å²) in [6.07, 6.45) is 5.62. The molecule has 38 heavy (non-hydrogen) atoms. The third-order valence-electron chi connectivity index (χ3n) is 6.52. The van der Waals surface area contributed by atoms with Crippen molar-refractivity contribution in [2.75, 3.05) is 10.6 Å². The molecule has 2 aliphatic carbocycles. The van der Waals surface area contributed by atoms with Crippen LogP contribution < -0.4 is 20.7 Å². The summed E-state index contributed by atoms with van der Waals surface area (Å²) in [5.41, 5.74) is -0.498. The van der Waals surface area contributed by atoms with Gasteiger partial charge in [0, 0.05) is 23.7 Å². The van der Waals surface area contributed by atoms with Crippen molar-refractivity contribution in [3.63, 3.8) is 0 Å². The number of nitrogens with zero attached hydrogens (tertiary/aromatic N) is 3. The third-order valence-corrected chi connectivity index (χ3v) is 6.52. The lowest BCUT2D eigenvalue weighted by atomic mass is 10.0. The number of ether oxygens (including phenoxy) is 1. The zero-order chi connectivity index (χ0) is 26.3. The Bertz CT molecular complexity index is 1540. The maximum Gasteiger partial charge on any atom is 0.240 e. The van der Waals surface area contributed by atoms with Crippen LogP contribution in [-0.2, 0) is 20.9 Å². The molecule has 11 nitrogen and oxygen atoms in total. The average Bonchev–Trinajstić information content (AvgIpc) is 3.82. The molecule has 2 fully saturated rings. The van der Waals surface area contributed by atoms with Crippen LogP contribution in [0.5, 0.6) is 11.6 Å². The Balaban J connectivity index is 1.09. The van der Waals surface area contributed by atoms with E-state index in [4.69, 9.17) is 9.15 Å². The van der Waals surface area contributed by atoms with Gasteiger partial charge in [0.05, 0.1) is 19.0 Å². The Labute approximate surface area is 215 Å². The molecule has 2 saturated carbocycles. The van der Waals surface area contributed by atoms with E-state index in [2.05, 4.69) is 26.0 Å². The maximum atomic E-state index is 14.8. The Morgan fingerprint density at radius 3 is 2.66 bits per heavy atom. The van der Waals surface area contributed by atoms with Crippen LogP contribution in [0.1, 0.15) is 31.4 Å². The van der Waals surface area contributed by atoms with Crippen molar-refractivity contribution >= 4 is 34.9 Å². The van der Waals surface area contributed by atoms with Gasteiger partial charge in [-0.2, -0.15) is 0 Å². The molecule has 0 unspecified atom stereocenters. The summed E-state index contributed by atoms with van der Waals surface area (Å²) in [5.74, 6) is -0.689. The van der Waals surface area contributed by atoms with Gasteiger partial charge in [-0.1, -0.05) is 0 Å². The van der Waals surface area contributed by atoms with Crippen LogP contribution in [0.2, 0.25) is 0 Å². The molecule has 4 aromatic rings. The minimum Gasteiger partial charge on any atom is -0.467 e. The fourth-order valence-electron chi connectivity index (χ4n) is 4.01. The summed E-state index contributed by atoms with van der Waals surface area (Å²) < 4.78 is 27.0. The van der Waals surface area contributed by atoms with Gasteiger partial charge in [0.25, 0.3) is 0 Å². The van der Waals surface area contributed by atoms with Gasteiger partial charge in [-0.3, -0.25) is 14.4 Å². The maximum absolute atomic E-state index is 14.8. The molecule has 2 aliphatic rings. The first-order valence-corrected chi connectivity index (χ1v) is 12.2. The first-order valence-electron chi connectivity index (χ1n) is 12.2. The number of carbonyl (C=O) groups excluding carboxylic acids is 3. The van der Waals surface area contributed by atoms with E-state index in [0.717, 1.165) is 18.9 Å². The molecule has 0 aliphatic heterocycles. The number of carbonyl (C=O) groups is 3. The SMILES string of the molecule is O=C(Nc1cn2nc(Oc3ccc(NC(=O)C4(C(=O)NCc5ccco5)CC4)cc3F)ccc2n1)C1CC1. The summed E-state index contributed by atoms with van der Waals surface area (Å²) in [6.45, 7) is 0.177. The van der Waals surface area contributed by atoms with Gasteiger partial charge in [-0.25, -0.2) is 13.9 Å². The Kier molecular flexibility index (Phi) is 5.78. The molecule has 194 valence electrons. The number of rotatable bonds is 9. The lowest BCUT2D eigenvalue weighted by molar-refractivity contribution is -0.134. The molecule has 0 radical (unpaired) electrons. The average molecular weight is 519 g/mol. The highest BCUT2D eigenvalue weighted by Gasteiger charge is 2.56. The number of anilines is 2. The number of halogens is 1. The monoisotopic (exact) mass is 518 g/mol. The van der Waals surface area contributed by atoms with Crippen LogP contribution in [0, 0.1) is 17.2 Å². The summed E-state index contributed by atoms with van der Waals surface area (Å²) in [5, 5.41) is 12.3. The number of furan rings is 1. The number of benzene rings is 1. The highest BCUT2D eigenvalue weighted by molar-refractivity contribution is 6.13. The molecule has 12 heteroatoms. The van der Waals surface area contributed by atoms with E-state index >= 15 is 0 Å². The predicted octanol–water partition coefficient (Wildman–Crippen LogP) is 3.64. The van der Waals surface area contributed by atoms with Crippen molar-refractivity contribution in [3.8, 4) is 11.6 Å². The number of aromatic nitrogens is 3. The molecular weight excluding hydrogens is 495 g/mol. The van der Waals surface area contributed by atoms with Crippen molar-refractivity contribution in [1.29, 1.82) is 0 Å². The lowest BCUT2D eigenvalue weighted by Gasteiger charge is -2.15. The number of nitrogens with one attached hydrogen (secondary N) is 3. The molecule has 3 amide bonds. The van der Waals surface area contributed by atoms with Crippen molar-refractivity contribution in [3.05, 3.63) is 66.5 Å². The van der Waals surface area contributed by atoms with Gasteiger partial charge in [-0.15, -0.1) is 5.10 Å². The lowest BCUT2D eigenvalue weighted by Crippen LogP contribution is -2.39. The van der Waals surface area contributed by atoms with E-state index in [0.29, 0.717) is 30.1 Å². The second kappa shape index (κ2) is 9.29. The van der Waals surface area contributed by atoms with Crippen molar-refractivity contribution in [1.82, 2.24) is 19.9 Å². The second-order valence-corrected chi connectivity index (χ2v) is 9.41. The Morgan fingerprint density at radius 2 is 1.95 bits per heavy atom. The van der Waals surface area contributed by atoms with Crippen LogP contribution in [0.4, 0.5) is 15.9 Å². The number of hydrogen-bond acceptors (Lipinski definition) is 7. The summed E-state index contributed by atoms with van der Waals surface area (Å²) >= 11 is 0. The van der Waals surface area contributed by atoms with Crippen LogP contribution in [0.15, 0.2) is 59.3 Å². The van der Waals surface area contributed by atoms with E-state index in [9.17, 15) is 18.8 Å². The standard InChI is InChI=1S/C26H23FN6O5/c27-18-12-16(29-25(36)26(9-10-26)24(35)28-13-17-2-1-11-37-17)5-6-19(18)38-22-8-7-21-30-20(14-33(21)32-22)31-23(34)15-3-4-15/h1-2,5-8,11-12,14-15H,3-4,9-10,13H2,(H,28,35)(H,29,36)(H,31,34). The van der Waals surface area contributed by atoms with E-state index in [1.165, 1.54) is 29.0 Å². The van der Waals surface area contributed by atoms with Gasteiger partial charge >= 0.3 is 0 Å². The summed E-state index contributed by atoms with van der Waals surface area (Å²) in [6, 6.07) is 10.6. The zero-order valence-corrected chi connectivity index (χ0v) is 20.1. The zero-order valence-electron chi connectivity index (χ0n) is 20.1. The van der Waals surface area contributed by atoms with Gasteiger partial charge in [0.2, 0.25) is 23.6 Å². The molecular formula is C26H23FN6O5. The van der Waals surface area contributed by atoms with E-state index in [1.807, 2.05) is 0 Å². The molecule has 6 rings (SSSR count). The molecule has 0 spiro atoms. The van der Waals surface area contributed by atoms with Gasteiger partial charge in [-0.05, 0) is 56.0 Å². The minimum atomic E-state index is -1.18. The van der Waals surface area contributed by atoms with E-state index in [-0.39, 0.29) is 35.7 Å². The third kappa shape index (κ3) is 4.80. The van der Waals surface area contributed by atoms with Gasteiger partial charge in [0.15, 0.2) is 23.0 Å². The topological polar surface area (TPSA) is 140 Å². The van der Waals surface area contributed by atoms with E-state index in [1.54, 1.807) is 24.4 Å². The normalized spacial score (nSPS) is 15.6. The molecule has 0 bridgehead atoms. The Hall–Kier alpha value is -4.74. The first-order chi connectivity index (χ1) is 18.4. The largest absolute Gasteiger partial charge is 0.467 e. The predicted molar refractivity (Wildman–Crippen MR) is 132 cm³/mol. The van der Waals surface area contributed by atoms with Gasteiger partial charge in [0.1, 0.15) is 11.2 Å². The highest BCUT2D eigenvalue weighted by atomic mass is 19.1. The summed E-state index contributed by atoms with van der Waals surface area (Å²) in [4.78, 5) is 41.7. The molecule has 0 saturated heterocycles. The second-order valence-electron chi connectivity index (χ2n) is 9.41.